The van der Waals surface area contributed by atoms with Crippen LogP contribution < -0.4 is 5.32 Å². The summed E-state index contributed by atoms with van der Waals surface area (Å²) in [6.07, 6.45) is 1.39. The summed E-state index contributed by atoms with van der Waals surface area (Å²) >= 11 is 1.47. The van der Waals surface area contributed by atoms with Crippen LogP contribution in [0, 0.1) is 0 Å². The van der Waals surface area contributed by atoms with Crippen LogP contribution in [0.4, 0.5) is 5.13 Å². The Kier molecular flexibility index (Phi) is 4.90. The fourth-order valence-corrected chi connectivity index (χ4v) is 2.65. The van der Waals surface area contributed by atoms with Crippen molar-refractivity contribution in [1.29, 1.82) is 0 Å². The predicted octanol–water partition coefficient (Wildman–Crippen LogP) is 4.67. The van der Waals surface area contributed by atoms with Crippen LogP contribution in [0.25, 0.3) is 11.3 Å². The molecule has 0 aliphatic carbocycles. The number of hydrogen-bond acceptors (Lipinski definition) is 3. The van der Waals surface area contributed by atoms with Crippen molar-refractivity contribution < 1.29 is 4.79 Å². The zero-order chi connectivity index (χ0) is 14.5. The number of aromatic nitrogens is 1. The molecule has 0 aliphatic heterocycles. The largest absolute Gasteiger partial charge is 0.302 e. The van der Waals surface area contributed by atoms with Crippen LogP contribution >= 0.6 is 11.3 Å². The van der Waals surface area contributed by atoms with Gasteiger partial charge in [-0.2, -0.15) is 0 Å². The summed E-state index contributed by atoms with van der Waals surface area (Å²) in [6, 6.07) is 8.44. The van der Waals surface area contributed by atoms with Gasteiger partial charge < -0.3 is 5.32 Å². The monoisotopic (exact) mass is 288 g/mol. The van der Waals surface area contributed by atoms with E-state index in [-0.39, 0.29) is 5.91 Å². The average Bonchev–Trinajstić information content (AvgIpc) is 2.87. The van der Waals surface area contributed by atoms with E-state index in [1.54, 1.807) is 0 Å². The molecule has 0 spiro atoms. The van der Waals surface area contributed by atoms with Crippen LogP contribution in [-0.4, -0.2) is 10.9 Å². The van der Waals surface area contributed by atoms with E-state index in [9.17, 15) is 4.79 Å². The van der Waals surface area contributed by atoms with E-state index < -0.39 is 0 Å². The van der Waals surface area contributed by atoms with E-state index in [1.165, 1.54) is 16.9 Å². The summed E-state index contributed by atoms with van der Waals surface area (Å²) in [5, 5.41) is 5.48. The lowest BCUT2D eigenvalue weighted by Crippen LogP contribution is -2.10. The van der Waals surface area contributed by atoms with Gasteiger partial charge in [-0.1, -0.05) is 45.0 Å². The number of carbonyl (C=O) groups is 1. The van der Waals surface area contributed by atoms with Crippen LogP contribution in [0.5, 0.6) is 0 Å². The summed E-state index contributed by atoms with van der Waals surface area (Å²) in [5.41, 5.74) is 3.32. The second kappa shape index (κ2) is 6.66. The first-order valence-corrected chi connectivity index (χ1v) is 7.83. The Morgan fingerprint density at radius 3 is 2.60 bits per heavy atom. The number of rotatable bonds is 5. The van der Waals surface area contributed by atoms with Gasteiger partial charge in [-0.05, 0) is 17.9 Å². The Balaban J connectivity index is 2.10. The molecule has 0 bridgehead atoms. The standard InChI is InChI=1S/C16H20N2OS/c1-4-5-15(19)18-16-17-14(10-20-16)13-8-6-12(7-9-13)11(2)3/h6-11H,4-5H2,1-3H3,(H,17,18,19). The third-order valence-electron chi connectivity index (χ3n) is 3.10. The third-order valence-corrected chi connectivity index (χ3v) is 3.86. The van der Waals surface area contributed by atoms with E-state index in [0.29, 0.717) is 17.5 Å². The highest BCUT2D eigenvalue weighted by Crippen LogP contribution is 2.26. The van der Waals surface area contributed by atoms with Crippen molar-refractivity contribution in [2.24, 2.45) is 0 Å². The van der Waals surface area contributed by atoms with Gasteiger partial charge in [0.25, 0.3) is 0 Å². The molecule has 1 amide bonds. The Morgan fingerprint density at radius 1 is 1.30 bits per heavy atom. The molecule has 106 valence electrons. The topological polar surface area (TPSA) is 42.0 Å². The predicted molar refractivity (Wildman–Crippen MR) is 85.2 cm³/mol. The molecule has 0 aliphatic rings. The molecule has 4 heteroatoms. The molecular weight excluding hydrogens is 268 g/mol. The molecule has 0 atom stereocenters. The van der Waals surface area contributed by atoms with Crippen molar-refractivity contribution in [3.05, 3.63) is 35.2 Å². The third kappa shape index (κ3) is 3.67. The van der Waals surface area contributed by atoms with Gasteiger partial charge in [0.2, 0.25) is 5.91 Å². The lowest BCUT2D eigenvalue weighted by atomic mass is 10.0. The SMILES string of the molecule is CCCC(=O)Nc1nc(-c2ccc(C(C)C)cc2)cs1. The lowest BCUT2D eigenvalue weighted by molar-refractivity contribution is -0.116. The van der Waals surface area contributed by atoms with Gasteiger partial charge in [0.1, 0.15) is 0 Å². The van der Waals surface area contributed by atoms with Gasteiger partial charge >= 0.3 is 0 Å². The molecule has 0 saturated carbocycles. The first-order valence-electron chi connectivity index (χ1n) is 6.96. The minimum Gasteiger partial charge on any atom is -0.302 e. The van der Waals surface area contributed by atoms with Gasteiger partial charge in [0, 0.05) is 17.4 Å². The summed E-state index contributed by atoms with van der Waals surface area (Å²) in [5.74, 6) is 0.562. The first-order chi connectivity index (χ1) is 9.60. The average molecular weight is 288 g/mol. The Morgan fingerprint density at radius 2 is 2.00 bits per heavy atom. The van der Waals surface area contributed by atoms with Crippen molar-refractivity contribution in [2.45, 2.75) is 39.5 Å². The molecule has 3 nitrogen and oxygen atoms in total. The summed E-state index contributed by atoms with van der Waals surface area (Å²) < 4.78 is 0. The number of benzene rings is 1. The summed E-state index contributed by atoms with van der Waals surface area (Å²) in [6.45, 7) is 6.35. The molecule has 20 heavy (non-hydrogen) atoms. The second-order valence-corrected chi connectivity index (χ2v) is 5.97. The van der Waals surface area contributed by atoms with E-state index in [0.717, 1.165) is 17.7 Å². The maximum Gasteiger partial charge on any atom is 0.226 e. The Labute approximate surface area is 124 Å². The number of carbonyl (C=O) groups excluding carboxylic acids is 1. The second-order valence-electron chi connectivity index (χ2n) is 5.11. The van der Waals surface area contributed by atoms with Crippen LogP contribution in [-0.2, 0) is 4.79 Å². The smallest absolute Gasteiger partial charge is 0.226 e. The van der Waals surface area contributed by atoms with Gasteiger partial charge in [-0.15, -0.1) is 11.3 Å². The highest BCUT2D eigenvalue weighted by molar-refractivity contribution is 7.14. The van der Waals surface area contributed by atoms with Crippen molar-refractivity contribution in [1.82, 2.24) is 4.98 Å². The van der Waals surface area contributed by atoms with Crippen molar-refractivity contribution in [3.63, 3.8) is 0 Å². The lowest BCUT2D eigenvalue weighted by Gasteiger charge is -2.05. The van der Waals surface area contributed by atoms with Crippen LogP contribution in [0.1, 0.15) is 45.1 Å². The van der Waals surface area contributed by atoms with Gasteiger partial charge in [0.15, 0.2) is 5.13 Å². The number of thiazole rings is 1. The molecule has 0 unspecified atom stereocenters. The Hall–Kier alpha value is -1.68. The minimum atomic E-state index is 0.0311. The van der Waals surface area contributed by atoms with Crippen molar-refractivity contribution >= 4 is 22.4 Å². The van der Waals surface area contributed by atoms with E-state index in [1.807, 2.05) is 12.3 Å². The zero-order valence-electron chi connectivity index (χ0n) is 12.1. The molecule has 0 radical (unpaired) electrons. The molecule has 1 heterocycles. The molecular formula is C16H20N2OS. The normalized spacial score (nSPS) is 10.8. The fraction of sp³-hybridized carbons (Fsp3) is 0.375. The van der Waals surface area contributed by atoms with Gasteiger partial charge in [-0.25, -0.2) is 4.98 Å². The molecule has 1 N–H and O–H groups in total. The number of nitrogens with zero attached hydrogens (tertiary/aromatic N) is 1. The fourth-order valence-electron chi connectivity index (χ4n) is 1.91. The van der Waals surface area contributed by atoms with Crippen LogP contribution in [0.15, 0.2) is 29.6 Å². The van der Waals surface area contributed by atoms with Gasteiger partial charge in [-0.3, -0.25) is 4.79 Å². The maximum atomic E-state index is 11.5. The van der Waals surface area contributed by atoms with E-state index >= 15 is 0 Å². The number of amides is 1. The quantitative estimate of drug-likeness (QED) is 0.868. The minimum absolute atomic E-state index is 0.0311. The molecule has 0 fully saturated rings. The summed E-state index contributed by atoms with van der Waals surface area (Å²) in [4.78, 5) is 16.0. The maximum absolute atomic E-state index is 11.5. The molecule has 0 saturated heterocycles. The molecule has 1 aromatic heterocycles. The molecule has 1 aromatic carbocycles. The molecule has 2 aromatic rings. The number of nitrogens with one attached hydrogen (secondary N) is 1. The highest BCUT2D eigenvalue weighted by atomic mass is 32.1. The van der Waals surface area contributed by atoms with Crippen LogP contribution in [0.2, 0.25) is 0 Å². The van der Waals surface area contributed by atoms with Gasteiger partial charge in [0.05, 0.1) is 5.69 Å². The van der Waals surface area contributed by atoms with Crippen molar-refractivity contribution in [2.75, 3.05) is 5.32 Å². The Bertz CT molecular complexity index is 572. The number of hydrogen-bond donors (Lipinski definition) is 1. The van der Waals surface area contributed by atoms with E-state index in [4.69, 9.17) is 0 Å². The zero-order valence-corrected chi connectivity index (χ0v) is 13.0. The first kappa shape index (κ1) is 14.7. The van der Waals surface area contributed by atoms with Crippen LogP contribution in [0.3, 0.4) is 0 Å². The van der Waals surface area contributed by atoms with E-state index in [2.05, 4.69) is 48.4 Å². The molecule has 2 rings (SSSR count). The van der Waals surface area contributed by atoms with Crippen molar-refractivity contribution in [3.8, 4) is 11.3 Å². The highest BCUT2D eigenvalue weighted by Gasteiger charge is 2.08. The summed E-state index contributed by atoms with van der Waals surface area (Å²) in [7, 11) is 0. The number of anilines is 1.